The molecule has 0 radical (unpaired) electrons. The summed E-state index contributed by atoms with van der Waals surface area (Å²) in [6.07, 6.45) is 0. The van der Waals surface area contributed by atoms with Crippen molar-refractivity contribution in [1.29, 1.82) is 5.26 Å². The molecule has 0 aliphatic carbocycles. The van der Waals surface area contributed by atoms with Gasteiger partial charge in [-0.3, -0.25) is 0 Å². The SMILES string of the molecule is Cc1cc(C)cc(Oc2cccc(F)c2C#N)c1. The first-order valence-corrected chi connectivity index (χ1v) is 5.55. The molecule has 0 atom stereocenters. The minimum atomic E-state index is -0.570. The molecule has 0 aliphatic heterocycles. The van der Waals surface area contributed by atoms with Crippen molar-refractivity contribution in [2.45, 2.75) is 13.8 Å². The van der Waals surface area contributed by atoms with Crippen molar-refractivity contribution in [2.75, 3.05) is 0 Å². The fraction of sp³-hybridized carbons (Fsp3) is 0.133. The molecule has 2 aromatic carbocycles. The number of benzene rings is 2. The lowest BCUT2D eigenvalue weighted by molar-refractivity contribution is 0.473. The molecule has 0 aliphatic rings. The summed E-state index contributed by atoms with van der Waals surface area (Å²) in [6, 6.07) is 11.9. The maximum atomic E-state index is 13.4. The first-order chi connectivity index (χ1) is 8.60. The van der Waals surface area contributed by atoms with E-state index >= 15 is 0 Å². The number of hydrogen-bond donors (Lipinski definition) is 0. The number of nitriles is 1. The quantitative estimate of drug-likeness (QED) is 0.792. The molecule has 0 heterocycles. The van der Waals surface area contributed by atoms with E-state index in [-0.39, 0.29) is 11.3 Å². The van der Waals surface area contributed by atoms with Gasteiger partial charge < -0.3 is 4.74 Å². The predicted octanol–water partition coefficient (Wildman–Crippen LogP) is 4.11. The Kier molecular flexibility index (Phi) is 3.29. The van der Waals surface area contributed by atoms with Crippen molar-refractivity contribution in [3.8, 4) is 17.6 Å². The second-order valence-corrected chi connectivity index (χ2v) is 4.15. The molecule has 2 nitrogen and oxygen atoms in total. The molecule has 2 aromatic rings. The second kappa shape index (κ2) is 4.89. The number of halogens is 1. The first kappa shape index (κ1) is 12.1. The third kappa shape index (κ3) is 2.49. The lowest BCUT2D eigenvalue weighted by Crippen LogP contribution is -1.92. The van der Waals surface area contributed by atoms with E-state index in [0.717, 1.165) is 11.1 Å². The molecule has 0 spiro atoms. The van der Waals surface area contributed by atoms with Crippen molar-refractivity contribution in [1.82, 2.24) is 0 Å². The summed E-state index contributed by atoms with van der Waals surface area (Å²) < 4.78 is 19.0. The van der Waals surface area contributed by atoms with Gasteiger partial charge in [-0.25, -0.2) is 4.39 Å². The van der Waals surface area contributed by atoms with E-state index in [0.29, 0.717) is 5.75 Å². The number of rotatable bonds is 2. The molecule has 90 valence electrons. The van der Waals surface area contributed by atoms with Crippen LogP contribution in [0, 0.1) is 31.0 Å². The zero-order valence-corrected chi connectivity index (χ0v) is 10.2. The van der Waals surface area contributed by atoms with Gasteiger partial charge in [0, 0.05) is 0 Å². The largest absolute Gasteiger partial charge is 0.456 e. The molecule has 0 bridgehead atoms. The highest BCUT2D eigenvalue weighted by atomic mass is 19.1. The molecular weight excluding hydrogens is 229 g/mol. The Bertz CT molecular complexity index is 609. The van der Waals surface area contributed by atoms with Gasteiger partial charge in [-0.15, -0.1) is 0 Å². The van der Waals surface area contributed by atoms with E-state index in [2.05, 4.69) is 0 Å². The van der Waals surface area contributed by atoms with Crippen LogP contribution in [0.4, 0.5) is 4.39 Å². The molecular formula is C15H12FNO. The highest BCUT2D eigenvalue weighted by molar-refractivity contribution is 5.46. The summed E-state index contributed by atoms with van der Waals surface area (Å²) >= 11 is 0. The van der Waals surface area contributed by atoms with Gasteiger partial charge in [0.1, 0.15) is 28.9 Å². The third-order valence-corrected chi connectivity index (χ3v) is 2.51. The van der Waals surface area contributed by atoms with Gasteiger partial charge >= 0.3 is 0 Å². The summed E-state index contributed by atoms with van der Waals surface area (Å²) in [5.41, 5.74) is 2.04. The van der Waals surface area contributed by atoms with E-state index in [9.17, 15) is 4.39 Å². The Labute approximate surface area is 105 Å². The summed E-state index contributed by atoms with van der Waals surface area (Å²) in [4.78, 5) is 0. The van der Waals surface area contributed by atoms with Gasteiger partial charge in [0.15, 0.2) is 0 Å². The topological polar surface area (TPSA) is 33.0 Å². The van der Waals surface area contributed by atoms with Crippen molar-refractivity contribution in [3.05, 3.63) is 58.9 Å². The lowest BCUT2D eigenvalue weighted by Gasteiger charge is -2.09. The van der Waals surface area contributed by atoms with E-state index in [1.54, 1.807) is 6.07 Å². The van der Waals surface area contributed by atoms with Gasteiger partial charge in [-0.05, 0) is 49.2 Å². The van der Waals surface area contributed by atoms with Crippen LogP contribution in [0.5, 0.6) is 11.5 Å². The molecule has 0 saturated heterocycles. The van der Waals surface area contributed by atoms with Crippen LogP contribution >= 0.6 is 0 Å². The standard InChI is InChI=1S/C15H12FNO/c1-10-6-11(2)8-12(7-10)18-15-5-3-4-14(16)13(15)9-17/h3-8H,1-2H3. The highest BCUT2D eigenvalue weighted by Crippen LogP contribution is 2.27. The Hall–Kier alpha value is -2.34. The van der Waals surface area contributed by atoms with Crippen LogP contribution in [0.2, 0.25) is 0 Å². The maximum Gasteiger partial charge on any atom is 0.148 e. The molecule has 2 rings (SSSR count). The zero-order valence-electron chi connectivity index (χ0n) is 10.2. The van der Waals surface area contributed by atoms with Crippen molar-refractivity contribution in [2.24, 2.45) is 0 Å². The van der Waals surface area contributed by atoms with Crippen LogP contribution in [0.1, 0.15) is 16.7 Å². The molecule has 3 heteroatoms. The van der Waals surface area contributed by atoms with Crippen molar-refractivity contribution >= 4 is 0 Å². The van der Waals surface area contributed by atoms with E-state index < -0.39 is 5.82 Å². The minimum Gasteiger partial charge on any atom is -0.456 e. The molecule has 0 N–H and O–H groups in total. The zero-order chi connectivity index (χ0) is 13.1. The van der Waals surface area contributed by atoms with Crippen LogP contribution in [0.25, 0.3) is 0 Å². The van der Waals surface area contributed by atoms with Gasteiger partial charge in [-0.1, -0.05) is 12.1 Å². The monoisotopic (exact) mass is 241 g/mol. The van der Waals surface area contributed by atoms with Gasteiger partial charge in [0.25, 0.3) is 0 Å². The third-order valence-electron chi connectivity index (χ3n) is 2.51. The van der Waals surface area contributed by atoms with Gasteiger partial charge in [0.2, 0.25) is 0 Å². The Morgan fingerprint density at radius 1 is 1.11 bits per heavy atom. The Morgan fingerprint density at radius 3 is 2.39 bits per heavy atom. The van der Waals surface area contributed by atoms with Crippen LogP contribution in [0.3, 0.4) is 0 Å². The fourth-order valence-electron chi connectivity index (χ4n) is 1.82. The molecule has 0 aromatic heterocycles. The van der Waals surface area contributed by atoms with Crippen LogP contribution in [-0.4, -0.2) is 0 Å². The van der Waals surface area contributed by atoms with E-state index in [1.165, 1.54) is 12.1 Å². The van der Waals surface area contributed by atoms with Crippen LogP contribution < -0.4 is 4.74 Å². The van der Waals surface area contributed by atoms with Gasteiger partial charge in [-0.2, -0.15) is 5.26 Å². The Balaban J connectivity index is 2.40. The number of hydrogen-bond acceptors (Lipinski definition) is 2. The molecule has 0 amide bonds. The molecule has 0 fully saturated rings. The highest BCUT2D eigenvalue weighted by Gasteiger charge is 2.10. The van der Waals surface area contributed by atoms with Crippen molar-refractivity contribution < 1.29 is 9.13 Å². The predicted molar refractivity (Wildman–Crippen MR) is 67.1 cm³/mol. The van der Waals surface area contributed by atoms with E-state index in [4.69, 9.17) is 10.00 Å². The normalized spacial score (nSPS) is 9.89. The molecule has 0 saturated carbocycles. The fourth-order valence-corrected chi connectivity index (χ4v) is 1.82. The maximum absolute atomic E-state index is 13.4. The summed E-state index contributed by atoms with van der Waals surface area (Å²) in [5, 5.41) is 8.92. The number of aryl methyl sites for hydroxylation is 2. The second-order valence-electron chi connectivity index (χ2n) is 4.15. The van der Waals surface area contributed by atoms with Crippen molar-refractivity contribution in [3.63, 3.8) is 0 Å². The summed E-state index contributed by atoms with van der Waals surface area (Å²) in [7, 11) is 0. The molecule has 0 unspecified atom stereocenters. The van der Waals surface area contributed by atoms with E-state index in [1.807, 2.05) is 38.1 Å². The lowest BCUT2D eigenvalue weighted by atomic mass is 10.1. The average molecular weight is 241 g/mol. The smallest absolute Gasteiger partial charge is 0.148 e. The van der Waals surface area contributed by atoms with Crippen LogP contribution in [-0.2, 0) is 0 Å². The number of ether oxygens (including phenoxy) is 1. The summed E-state index contributed by atoms with van der Waals surface area (Å²) in [6.45, 7) is 3.91. The average Bonchev–Trinajstić information content (AvgIpc) is 2.27. The van der Waals surface area contributed by atoms with Gasteiger partial charge in [0.05, 0.1) is 0 Å². The van der Waals surface area contributed by atoms with Crippen LogP contribution in [0.15, 0.2) is 36.4 Å². The summed E-state index contributed by atoms with van der Waals surface area (Å²) in [5.74, 6) is 0.275. The number of nitrogens with zero attached hydrogens (tertiary/aromatic N) is 1. The minimum absolute atomic E-state index is 0.0725. The molecule has 18 heavy (non-hydrogen) atoms. The first-order valence-electron chi connectivity index (χ1n) is 5.55. The Morgan fingerprint density at radius 2 is 1.78 bits per heavy atom.